The van der Waals surface area contributed by atoms with E-state index in [0.29, 0.717) is 36.1 Å². The molecule has 1 fully saturated rings. The predicted molar refractivity (Wildman–Crippen MR) is 212 cm³/mol. The molecule has 0 bridgehead atoms. The standard InChI is InChI=1S/C42H80NO9P/c1-6-8-10-11-12-13-14-15-16-17-22-25-29-33-42(45)51-38(37-50-53(46,47)49-35-34-43(3,4)5)36-48-41(44)32-28-24-21-19-18-20-23-27-31-40-39(52-40)30-26-9-7-2/h23,27,38-40H,6-22,24-26,28-37H2,1-5H3/b27-23-/t38-,39?,40?/m1/s1. The summed E-state index contributed by atoms with van der Waals surface area (Å²) in [5, 5.41) is 0. The van der Waals surface area contributed by atoms with Crippen LogP contribution in [0.25, 0.3) is 0 Å². The number of likely N-dealkylation sites (N-methyl/N-ethyl adjacent to an activating group) is 1. The van der Waals surface area contributed by atoms with Gasteiger partial charge in [0.1, 0.15) is 19.8 Å². The highest BCUT2D eigenvalue weighted by molar-refractivity contribution is 7.45. The molecular formula is C42H80NO9P. The summed E-state index contributed by atoms with van der Waals surface area (Å²) in [6.07, 6.45) is 32.6. The summed E-state index contributed by atoms with van der Waals surface area (Å²) in [5.41, 5.74) is 0. The number of unbranched alkanes of at least 4 members (excludes halogenated alkanes) is 19. The van der Waals surface area contributed by atoms with Crippen molar-refractivity contribution in [1.29, 1.82) is 0 Å². The van der Waals surface area contributed by atoms with E-state index in [0.717, 1.165) is 57.8 Å². The first-order valence-electron chi connectivity index (χ1n) is 21.5. The Kier molecular flexibility index (Phi) is 29.9. The molecule has 0 amide bonds. The zero-order valence-electron chi connectivity index (χ0n) is 34.7. The Morgan fingerprint density at radius 3 is 1.79 bits per heavy atom. The summed E-state index contributed by atoms with van der Waals surface area (Å²) in [6, 6.07) is 0. The monoisotopic (exact) mass is 774 g/mol. The highest BCUT2D eigenvalue weighted by Gasteiger charge is 2.36. The molecule has 1 rings (SSSR count). The van der Waals surface area contributed by atoms with E-state index >= 15 is 0 Å². The van der Waals surface area contributed by atoms with Gasteiger partial charge < -0.3 is 32.6 Å². The quantitative estimate of drug-likeness (QED) is 0.0151. The first kappa shape index (κ1) is 49.7. The molecule has 0 aromatic rings. The van der Waals surface area contributed by atoms with Crippen LogP contribution in [0.15, 0.2) is 12.2 Å². The average Bonchev–Trinajstić information content (AvgIpc) is 3.86. The summed E-state index contributed by atoms with van der Waals surface area (Å²) in [4.78, 5) is 37.5. The van der Waals surface area contributed by atoms with Crippen LogP contribution in [-0.4, -0.2) is 82.2 Å². The van der Waals surface area contributed by atoms with Gasteiger partial charge in [-0.05, 0) is 38.5 Å². The normalized spacial score (nSPS) is 17.5. The van der Waals surface area contributed by atoms with E-state index in [-0.39, 0.29) is 26.1 Å². The van der Waals surface area contributed by atoms with Gasteiger partial charge in [-0.2, -0.15) is 0 Å². The molecule has 0 aliphatic carbocycles. The first-order chi connectivity index (χ1) is 25.5. The predicted octanol–water partition coefficient (Wildman–Crippen LogP) is 10.2. The number of esters is 2. The number of ether oxygens (including phenoxy) is 3. The molecule has 312 valence electrons. The number of hydrogen-bond donors (Lipinski definition) is 0. The molecule has 1 heterocycles. The van der Waals surface area contributed by atoms with E-state index in [1.807, 2.05) is 21.1 Å². The lowest BCUT2D eigenvalue weighted by atomic mass is 10.0. The van der Waals surface area contributed by atoms with Gasteiger partial charge in [-0.15, -0.1) is 0 Å². The van der Waals surface area contributed by atoms with Gasteiger partial charge in [0, 0.05) is 12.8 Å². The molecule has 53 heavy (non-hydrogen) atoms. The Balaban J connectivity index is 2.28. The number of hydrogen-bond acceptors (Lipinski definition) is 9. The molecule has 0 spiro atoms. The molecule has 3 unspecified atom stereocenters. The molecule has 4 atom stereocenters. The Bertz CT molecular complexity index is 986. The van der Waals surface area contributed by atoms with E-state index in [2.05, 4.69) is 26.0 Å². The maximum Gasteiger partial charge on any atom is 0.306 e. The molecule has 1 aliphatic heterocycles. The van der Waals surface area contributed by atoms with Crippen molar-refractivity contribution in [3.8, 4) is 0 Å². The van der Waals surface area contributed by atoms with Gasteiger partial charge in [0.05, 0.1) is 40.0 Å². The lowest BCUT2D eigenvalue weighted by Crippen LogP contribution is -2.37. The number of nitrogens with zero attached hydrogens (tertiary/aromatic N) is 1. The first-order valence-corrected chi connectivity index (χ1v) is 23.0. The minimum atomic E-state index is -4.62. The van der Waals surface area contributed by atoms with Crippen molar-refractivity contribution in [1.82, 2.24) is 0 Å². The van der Waals surface area contributed by atoms with Crippen molar-refractivity contribution in [2.75, 3.05) is 47.5 Å². The Morgan fingerprint density at radius 2 is 1.21 bits per heavy atom. The fourth-order valence-electron chi connectivity index (χ4n) is 6.19. The van der Waals surface area contributed by atoms with Gasteiger partial charge in [0.15, 0.2) is 6.10 Å². The largest absolute Gasteiger partial charge is 0.756 e. The van der Waals surface area contributed by atoms with E-state index in [9.17, 15) is 19.0 Å². The molecule has 10 nitrogen and oxygen atoms in total. The molecule has 11 heteroatoms. The van der Waals surface area contributed by atoms with Crippen LogP contribution in [0.3, 0.4) is 0 Å². The zero-order valence-corrected chi connectivity index (χ0v) is 35.6. The number of carbonyl (C=O) groups is 2. The summed E-state index contributed by atoms with van der Waals surface area (Å²) in [7, 11) is 1.16. The Morgan fingerprint density at radius 1 is 0.679 bits per heavy atom. The van der Waals surface area contributed by atoms with Crippen molar-refractivity contribution in [2.24, 2.45) is 0 Å². The number of phosphoric acid groups is 1. The Hall–Kier alpha value is -1.29. The molecule has 0 radical (unpaired) electrons. The van der Waals surface area contributed by atoms with Crippen molar-refractivity contribution >= 4 is 19.8 Å². The third kappa shape index (κ3) is 32.6. The van der Waals surface area contributed by atoms with E-state index in [4.69, 9.17) is 23.3 Å². The van der Waals surface area contributed by atoms with Crippen molar-refractivity contribution in [3.05, 3.63) is 12.2 Å². The second-order valence-corrected chi connectivity index (χ2v) is 17.5. The molecule has 0 N–H and O–H groups in total. The van der Waals surface area contributed by atoms with Crippen molar-refractivity contribution in [2.45, 2.75) is 199 Å². The smallest absolute Gasteiger partial charge is 0.306 e. The summed E-state index contributed by atoms with van der Waals surface area (Å²) >= 11 is 0. The third-order valence-electron chi connectivity index (χ3n) is 9.71. The van der Waals surface area contributed by atoms with Crippen LogP contribution >= 0.6 is 7.82 Å². The SMILES string of the molecule is CCCCCCCCCCCCCCCC(=O)O[C@H](COC(=O)CCCCCCC/C=C\CC1OC1CCCCC)COP(=O)([O-])OCC[N+](C)(C)C. The average molecular weight is 774 g/mol. The Labute approximate surface area is 324 Å². The number of carbonyl (C=O) groups excluding carboxylic acids is 2. The number of phosphoric ester groups is 1. The molecular weight excluding hydrogens is 693 g/mol. The lowest BCUT2D eigenvalue weighted by Gasteiger charge is -2.28. The molecule has 1 saturated heterocycles. The third-order valence-corrected chi connectivity index (χ3v) is 10.7. The number of quaternary nitrogens is 1. The van der Waals surface area contributed by atoms with Gasteiger partial charge >= 0.3 is 11.9 Å². The number of allylic oxidation sites excluding steroid dienone is 1. The number of epoxide rings is 1. The van der Waals surface area contributed by atoms with E-state index < -0.39 is 32.5 Å². The molecule has 0 aromatic carbocycles. The zero-order chi connectivity index (χ0) is 39.0. The van der Waals surface area contributed by atoms with Crippen LogP contribution in [0.1, 0.15) is 181 Å². The second-order valence-electron chi connectivity index (χ2n) is 16.1. The van der Waals surface area contributed by atoms with Crippen LogP contribution in [-0.2, 0) is 37.4 Å². The fraction of sp³-hybridized carbons (Fsp3) is 0.905. The van der Waals surface area contributed by atoms with Gasteiger partial charge in [-0.3, -0.25) is 14.2 Å². The summed E-state index contributed by atoms with van der Waals surface area (Å²) in [6.45, 7) is 4.18. The van der Waals surface area contributed by atoms with Gasteiger partial charge in [0.2, 0.25) is 0 Å². The van der Waals surface area contributed by atoms with E-state index in [1.165, 1.54) is 83.5 Å². The van der Waals surface area contributed by atoms with Crippen molar-refractivity contribution in [3.63, 3.8) is 0 Å². The summed E-state index contributed by atoms with van der Waals surface area (Å²) in [5.74, 6) is -0.850. The van der Waals surface area contributed by atoms with Crippen molar-refractivity contribution < 1.29 is 46.8 Å². The maximum atomic E-state index is 12.6. The second kappa shape index (κ2) is 31.9. The van der Waals surface area contributed by atoms with Gasteiger partial charge in [-0.1, -0.05) is 142 Å². The molecule has 0 saturated carbocycles. The van der Waals surface area contributed by atoms with Crippen LogP contribution in [0.2, 0.25) is 0 Å². The molecule has 1 aliphatic rings. The fourth-order valence-corrected chi connectivity index (χ4v) is 6.92. The highest BCUT2D eigenvalue weighted by Crippen LogP contribution is 2.38. The lowest BCUT2D eigenvalue weighted by molar-refractivity contribution is -0.870. The highest BCUT2D eigenvalue weighted by atomic mass is 31.2. The molecule has 0 aromatic heterocycles. The maximum absolute atomic E-state index is 12.6. The van der Waals surface area contributed by atoms with Crippen LogP contribution in [0, 0.1) is 0 Å². The minimum absolute atomic E-state index is 0.0328. The van der Waals surface area contributed by atoms with Crippen LogP contribution in [0.5, 0.6) is 0 Å². The van der Waals surface area contributed by atoms with E-state index in [1.54, 1.807) is 0 Å². The minimum Gasteiger partial charge on any atom is -0.756 e. The summed E-state index contributed by atoms with van der Waals surface area (Å²) < 4.78 is 39.6. The number of rotatable bonds is 38. The van der Waals surface area contributed by atoms with Crippen LogP contribution in [0.4, 0.5) is 0 Å². The van der Waals surface area contributed by atoms with Gasteiger partial charge in [-0.25, -0.2) is 0 Å². The van der Waals surface area contributed by atoms with Gasteiger partial charge in [0.25, 0.3) is 7.82 Å². The topological polar surface area (TPSA) is 124 Å². The van der Waals surface area contributed by atoms with Crippen LogP contribution < -0.4 is 4.89 Å².